The van der Waals surface area contributed by atoms with E-state index in [0.717, 1.165) is 0 Å². The van der Waals surface area contributed by atoms with Crippen LogP contribution in [0.2, 0.25) is 5.02 Å². The van der Waals surface area contributed by atoms with Crippen LogP contribution in [0.4, 0.5) is 17.2 Å². The van der Waals surface area contributed by atoms with E-state index in [4.69, 9.17) is 21.6 Å². The van der Waals surface area contributed by atoms with E-state index in [1.54, 1.807) is 48.5 Å². The van der Waals surface area contributed by atoms with Gasteiger partial charge in [-0.3, -0.25) is 4.79 Å². The van der Waals surface area contributed by atoms with Crippen molar-refractivity contribution < 1.29 is 9.53 Å². The van der Waals surface area contributed by atoms with Gasteiger partial charge in [-0.25, -0.2) is 4.98 Å². The van der Waals surface area contributed by atoms with Crippen LogP contribution in [0.15, 0.2) is 60.8 Å². The molecule has 0 saturated heterocycles. The van der Waals surface area contributed by atoms with E-state index in [9.17, 15) is 4.79 Å². The molecule has 134 valence electrons. The number of carbonyl (C=O) groups is 1. The van der Waals surface area contributed by atoms with Crippen molar-refractivity contribution in [3.05, 3.63) is 76.9 Å². The van der Waals surface area contributed by atoms with Crippen molar-refractivity contribution in [3.63, 3.8) is 0 Å². The number of rotatable bonds is 5. The van der Waals surface area contributed by atoms with Crippen molar-refractivity contribution in [1.29, 1.82) is 5.26 Å². The summed E-state index contributed by atoms with van der Waals surface area (Å²) in [5.74, 6) is 0.689. The minimum absolute atomic E-state index is 0.341. The smallest absolute Gasteiger partial charge is 0.257 e. The molecule has 0 spiro atoms. The molecule has 0 aliphatic carbocycles. The molecule has 1 heterocycles. The van der Waals surface area contributed by atoms with Crippen LogP contribution in [0.25, 0.3) is 0 Å². The van der Waals surface area contributed by atoms with Crippen LogP contribution >= 0.6 is 11.6 Å². The highest BCUT2D eigenvalue weighted by atomic mass is 35.5. The third-order valence-corrected chi connectivity index (χ3v) is 3.98. The predicted octanol–water partition coefficient (Wildman–Crippen LogP) is 4.61. The molecule has 0 unspecified atom stereocenters. The van der Waals surface area contributed by atoms with Crippen molar-refractivity contribution in [3.8, 4) is 11.8 Å². The average molecular weight is 379 g/mol. The van der Waals surface area contributed by atoms with Crippen LogP contribution in [0.5, 0.6) is 5.75 Å². The molecule has 0 bridgehead atoms. The molecule has 3 aromatic rings. The molecule has 2 aromatic carbocycles. The number of carbonyl (C=O) groups excluding carboxylic acids is 1. The quantitative estimate of drug-likeness (QED) is 0.676. The van der Waals surface area contributed by atoms with Gasteiger partial charge in [0.25, 0.3) is 5.91 Å². The molecule has 0 aliphatic rings. The van der Waals surface area contributed by atoms with Gasteiger partial charge in [0.2, 0.25) is 0 Å². The molecule has 0 fully saturated rings. The standard InChI is InChI=1S/C20H15ClN4O2/c1-27-18-8-7-15(21)10-17(18)25-20(26)14-6-9-19(23-12-14)24-16-5-3-2-4-13(16)11-22/h2-10,12H,1H3,(H,23,24)(H,25,26). The van der Waals surface area contributed by atoms with Crippen molar-refractivity contribution in [2.45, 2.75) is 0 Å². The molecule has 0 aliphatic heterocycles. The molecule has 0 atom stereocenters. The Hall–Kier alpha value is -3.56. The van der Waals surface area contributed by atoms with E-state index >= 15 is 0 Å². The minimum Gasteiger partial charge on any atom is -0.495 e. The van der Waals surface area contributed by atoms with Gasteiger partial charge in [-0.1, -0.05) is 23.7 Å². The summed E-state index contributed by atoms with van der Waals surface area (Å²) < 4.78 is 5.22. The Bertz CT molecular complexity index is 1010. The van der Waals surface area contributed by atoms with E-state index in [2.05, 4.69) is 21.7 Å². The maximum atomic E-state index is 12.5. The number of hydrogen-bond acceptors (Lipinski definition) is 5. The number of hydrogen-bond donors (Lipinski definition) is 2. The zero-order chi connectivity index (χ0) is 19.2. The van der Waals surface area contributed by atoms with Gasteiger partial charge in [-0.2, -0.15) is 5.26 Å². The molecule has 7 heteroatoms. The van der Waals surface area contributed by atoms with E-state index < -0.39 is 0 Å². The van der Waals surface area contributed by atoms with E-state index in [1.165, 1.54) is 13.3 Å². The fourth-order valence-corrected chi connectivity index (χ4v) is 2.57. The fraction of sp³-hybridized carbons (Fsp3) is 0.0500. The van der Waals surface area contributed by atoms with Gasteiger partial charge in [0.15, 0.2) is 0 Å². The summed E-state index contributed by atoms with van der Waals surface area (Å²) in [6.45, 7) is 0. The van der Waals surface area contributed by atoms with Gasteiger partial charge in [0.05, 0.1) is 29.6 Å². The molecule has 6 nitrogen and oxygen atoms in total. The number of benzene rings is 2. The van der Waals surface area contributed by atoms with Gasteiger partial charge in [-0.05, 0) is 42.5 Å². The van der Waals surface area contributed by atoms with Crippen LogP contribution in [0.3, 0.4) is 0 Å². The number of methoxy groups -OCH3 is 1. The number of nitriles is 1. The Morgan fingerprint density at radius 1 is 1.15 bits per heavy atom. The predicted molar refractivity (Wildman–Crippen MR) is 105 cm³/mol. The zero-order valence-electron chi connectivity index (χ0n) is 14.4. The summed E-state index contributed by atoms with van der Waals surface area (Å²) in [6, 6.07) is 17.5. The average Bonchev–Trinajstić information content (AvgIpc) is 2.69. The van der Waals surface area contributed by atoms with E-state index in [1.807, 2.05) is 6.07 Å². The summed E-state index contributed by atoms with van der Waals surface area (Å²) in [6.07, 6.45) is 1.45. The van der Waals surface area contributed by atoms with Crippen molar-refractivity contribution in [1.82, 2.24) is 4.98 Å². The van der Waals surface area contributed by atoms with Gasteiger partial charge in [0, 0.05) is 11.2 Å². The molecule has 1 aromatic heterocycles. The Labute approximate surface area is 161 Å². The topological polar surface area (TPSA) is 87.0 Å². The molecule has 27 heavy (non-hydrogen) atoms. The molecular formula is C20H15ClN4O2. The van der Waals surface area contributed by atoms with Crippen LogP contribution in [-0.4, -0.2) is 18.0 Å². The van der Waals surface area contributed by atoms with E-state index in [0.29, 0.717) is 39.1 Å². The number of ether oxygens (including phenoxy) is 1. The number of pyridine rings is 1. The second-order valence-electron chi connectivity index (χ2n) is 5.51. The number of anilines is 3. The lowest BCUT2D eigenvalue weighted by molar-refractivity contribution is 0.102. The van der Waals surface area contributed by atoms with Crippen LogP contribution in [0.1, 0.15) is 15.9 Å². The molecule has 2 N–H and O–H groups in total. The Morgan fingerprint density at radius 2 is 1.96 bits per heavy atom. The highest BCUT2D eigenvalue weighted by molar-refractivity contribution is 6.31. The second-order valence-corrected chi connectivity index (χ2v) is 5.95. The minimum atomic E-state index is -0.341. The fourth-order valence-electron chi connectivity index (χ4n) is 2.40. The first-order valence-electron chi connectivity index (χ1n) is 7.98. The lowest BCUT2D eigenvalue weighted by atomic mass is 10.2. The molecule has 0 radical (unpaired) electrons. The van der Waals surface area contributed by atoms with Crippen LogP contribution in [-0.2, 0) is 0 Å². The van der Waals surface area contributed by atoms with Gasteiger partial charge >= 0.3 is 0 Å². The van der Waals surface area contributed by atoms with Crippen molar-refractivity contribution >= 4 is 34.7 Å². The summed E-state index contributed by atoms with van der Waals surface area (Å²) in [5, 5.41) is 15.4. The third kappa shape index (κ3) is 4.35. The third-order valence-electron chi connectivity index (χ3n) is 3.75. The highest BCUT2D eigenvalue weighted by Gasteiger charge is 2.11. The van der Waals surface area contributed by atoms with Crippen LogP contribution < -0.4 is 15.4 Å². The summed E-state index contributed by atoms with van der Waals surface area (Å²) in [5.41, 5.74) is 2.00. The molecule has 1 amide bonds. The number of nitrogens with one attached hydrogen (secondary N) is 2. The first kappa shape index (κ1) is 18.2. The maximum Gasteiger partial charge on any atom is 0.257 e. The maximum absolute atomic E-state index is 12.5. The Morgan fingerprint density at radius 3 is 2.67 bits per heavy atom. The molecular weight excluding hydrogens is 364 g/mol. The molecule has 0 saturated carbocycles. The Balaban J connectivity index is 1.75. The van der Waals surface area contributed by atoms with Gasteiger partial charge in [0.1, 0.15) is 17.6 Å². The summed E-state index contributed by atoms with van der Waals surface area (Å²) in [7, 11) is 1.51. The normalized spacial score (nSPS) is 9.96. The monoisotopic (exact) mass is 378 g/mol. The van der Waals surface area contributed by atoms with Crippen molar-refractivity contribution in [2.75, 3.05) is 17.7 Å². The van der Waals surface area contributed by atoms with Crippen molar-refractivity contribution in [2.24, 2.45) is 0 Å². The summed E-state index contributed by atoms with van der Waals surface area (Å²) >= 11 is 5.98. The highest BCUT2D eigenvalue weighted by Crippen LogP contribution is 2.28. The lowest BCUT2D eigenvalue weighted by Gasteiger charge is -2.11. The van der Waals surface area contributed by atoms with Gasteiger partial charge < -0.3 is 15.4 Å². The lowest BCUT2D eigenvalue weighted by Crippen LogP contribution is -2.13. The van der Waals surface area contributed by atoms with Gasteiger partial charge in [-0.15, -0.1) is 0 Å². The zero-order valence-corrected chi connectivity index (χ0v) is 15.1. The van der Waals surface area contributed by atoms with Crippen LogP contribution in [0, 0.1) is 11.3 Å². The SMILES string of the molecule is COc1ccc(Cl)cc1NC(=O)c1ccc(Nc2ccccc2C#N)nc1. The first-order chi connectivity index (χ1) is 13.1. The number of halogens is 1. The first-order valence-corrected chi connectivity index (χ1v) is 8.35. The molecule has 3 rings (SSSR count). The van der Waals surface area contributed by atoms with E-state index in [-0.39, 0.29) is 5.91 Å². The second kappa shape index (κ2) is 8.21. The number of amides is 1. The number of para-hydroxylation sites is 1. The number of aromatic nitrogens is 1. The largest absolute Gasteiger partial charge is 0.495 e. The number of nitrogens with zero attached hydrogens (tertiary/aromatic N) is 2. The summed E-state index contributed by atoms with van der Waals surface area (Å²) in [4.78, 5) is 16.7. The Kier molecular flexibility index (Phi) is 5.55.